The largest absolute Gasteiger partial charge is 0.296 e. The van der Waals surface area contributed by atoms with Crippen molar-refractivity contribution in [1.29, 1.82) is 0 Å². The summed E-state index contributed by atoms with van der Waals surface area (Å²) in [7, 11) is 0. The van der Waals surface area contributed by atoms with E-state index in [0.29, 0.717) is 11.3 Å². The maximum Gasteiger partial charge on any atom is 0.273 e. The SMILES string of the molecule is O=c1cc(-c2n[nH]c3c2CCC3)nc2c(-c3ccc(F)cc3)c[nH]n12. The molecule has 5 rings (SSSR count). The number of aromatic amines is 2. The molecular weight excluding hydrogens is 321 g/mol. The summed E-state index contributed by atoms with van der Waals surface area (Å²) < 4.78 is 14.6. The number of benzene rings is 1. The number of nitrogens with zero attached hydrogens (tertiary/aromatic N) is 3. The van der Waals surface area contributed by atoms with Crippen LogP contribution in [0.25, 0.3) is 28.2 Å². The molecule has 6 nitrogen and oxygen atoms in total. The third kappa shape index (κ3) is 2.12. The lowest BCUT2D eigenvalue weighted by Crippen LogP contribution is -2.14. The van der Waals surface area contributed by atoms with Gasteiger partial charge in [-0.1, -0.05) is 12.1 Å². The molecule has 7 heteroatoms. The second kappa shape index (κ2) is 5.14. The zero-order valence-electron chi connectivity index (χ0n) is 13.2. The normalized spacial score (nSPS) is 13.5. The van der Waals surface area contributed by atoms with Crippen LogP contribution in [0.2, 0.25) is 0 Å². The first-order chi connectivity index (χ1) is 12.2. The van der Waals surface area contributed by atoms with Gasteiger partial charge in [-0.25, -0.2) is 13.9 Å². The van der Waals surface area contributed by atoms with Crippen molar-refractivity contribution in [3.63, 3.8) is 0 Å². The van der Waals surface area contributed by atoms with Crippen molar-refractivity contribution < 1.29 is 4.39 Å². The molecule has 124 valence electrons. The van der Waals surface area contributed by atoms with E-state index in [1.165, 1.54) is 22.7 Å². The van der Waals surface area contributed by atoms with Crippen molar-refractivity contribution in [2.24, 2.45) is 0 Å². The third-order valence-corrected chi connectivity index (χ3v) is 4.70. The van der Waals surface area contributed by atoms with E-state index in [0.717, 1.165) is 47.3 Å². The number of halogens is 1. The van der Waals surface area contributed by atoms with E-state index >= 15 is 0 Å². The summed E-state index contributed by atoms with van der Waals surface area (Å²) in [6.45, 7) is 0. The van der Waals surface area contributed by atoms with E-state index in [-0.39, 0.29) is 11.4 Å². The topological polar surface area (TPSA) is 78.8 Å². The quantitative estimate of drug-likeness (QED) is 0.591. The predicted octanol–water partition coefficient (Wildman–Crippen LogP) is 2.71. The lowest BCUT2D eigenvalue weighted by Gasteiger charge is -2.02. The summed E-state index contributed by atoms with van der Waals surface area (Å²) in [4.78, 5) is 17.2. The molecule has 4 aromatic rings. The molecule has 1 aliphatic carbocycles. The summed E-state index contributed by atoms with van der Waals surface area (Å²) in [5.41, 5.74) is 5.42. The molecule has 3 heterocycles. The van der Waals surface area contributed by atoms with Gasteiger partial charge in [-0.2, -0.15) is 5.10 Å². The van der Waals surface area contributed by atoms with Crippen molar-refractivity contribution in [2.45, 2.75) is 19.3 Å². The second-order valence-corrected chi connectivity index (χ2v) is 6.22. The van der Waals surface area contributed by atoms with Crippen molar-refractivity contribution in [3.05, 3.63) is 64.0 Å². The van der Waals surface area contributed by atoms with Crippen LogP contribution < -0.4 is 5.56 Å². The maximum absolute atomic E-state index is 13.2. The van der Waals surface area contributed by atoms with Gasteiger partial charge in [0.2, 0.25) is 0 Å². The Balaban J connectivity index is 1.73. The van der Waals surface area contributed by atoms with Gasteiger partial charge in [-0.15, -0.1) is 0 Å². The molecule has 0 atom stereocenters. The van der Waals surface area contributed by atoms with Gasteiger partial charge in [-0.3, -0.25) is 15.0 Å². The molecule has 0 unspecified atom stereocenters. The van der Waals surface area contributed by atoms with Gasteiger partial charge in [0, 0.05) is 29.1 Å². The summed E-state index contributed by atoms with van der Waals surface area (Å²) in [6, 6.07) is 7.61. The lowest BCUT2D eigenvalue weighted by atomic mass is 10.1. The number of hydrogen-bond acceptors (Lipinski definition) is 3. The number of H-pyrrole nitrogens is 2. The van der Waals surface area contributed by atoms with Gasteiger partial charge in [-0.05, 0) is 37.0 Å². The van der Waals surface area contributed by atoms with Gasteiger partial charge < -0.3 is 0 Å². The number of fused-ring (bicyclic) bond motifs is 2. The minimum atomic E-state index is -0.304. The average molecular weight is 335 g/mol. The molecule has 1 aliphatic rings. The van der Waals surface area contributed by atoms with Gasteiger partial charge in [0.15, 0.2) is 5.65 Å². The first-order valence-electron chi connectivity index (χ1n) is 8.14. The Kier molecular flexibility index (Phi) is 2.91. The fraction of sp³-hybridized carbons (Fsp3) is 0.167. The Morgan fingerprint density at radius 1 is 1.16 bits per heavy atom. The fourth-order valence-corrected chi connectivity index (χ4v) is 3.48. The molecule has 0 bridgehead atoms. The standard InChI is InChI=1S/C18H14FN5O/c19-11-6-4-10(5-7-11)13-9-20-24-16(25)8-15(21-18(13)24)17-12-2-1-3-14(12)22-23-17/h4-9,20H,1-3H2,(H,22,23). The van der Waals surface area contributed by atoms with Crippen LogP contribution in [-0.2, 0) is 12.8 Å². The lowest BCUT2D eigenvalue weighted by molar-refractivity contribution is 0.628. The van der Waals surface area contributed by atoms with Crippen LogP contribution in [-0.4, -0.2) is 24.8 Å². The fourth-order valence-electron chi connectivity index (χ4n) is 3.48. The summed E-state index contributed by atoms with van der Waals surface area (Å²) >= 11 is 0. The van der Waals surface area contributed by atoms with Gasteiger partial charge >= 0.3 is 0 Å². The monoisotopic (exact) mass is 335 g/mol. The molecule has 25 heavy (non-hydrogen) atoms. The predicted molar refractivity (Wildman–Crippen MR) is 90.8 cm³/mol. The molecule has 0 amide bonds. The van der Waals surface area contributed by atoms with Gasteiger partial charge in [0.1, 0.15) is 11.5 Å². The minimum absolute atomic E-state index is 0.205. The summed E-state index contributed by atoms with van der Waals surface area (Å²) in [5, 5.41) is 10.3. The molecule has 2 N–H and O–H groups in total. The highest BCUT2D eigenvalue weighted by atomic mass is 19.1. The Morgan fingerprint density at radius 2 is 2.00 bits per heavy atom. The zero-order chi connectivity index (χ0) is 17.0. The molecule has 0 saturated heterocycles. The Morgan fingerprint density at radius 3 is 2.84 bits per heavy atom. The van der Waals surface area contributed by atoms with Crippen LogP contribution in [0.4, 0.5) is 4.39 Å². The third-order valence-electron chi connectivity index (χ3n) is 4.70. The van der Waals surface area contributed by atoms with E-state index < -0.39 is 0 Å². The van der Waals surface area contributed by atoms with Crippen LogP contribution in [0.5, 0.6) is 0 Å². The smallest absolute Gasteiger partial charge is 0.273 e. The molecule has 0 aliphatic heterocycles. The molecule has 0 spiro atoms. The van der Waals surface area contributed by atoms with Crippen LogP contribution in [0.15, 0.2) is 41.3 Å². The number of nitrogens with one attached hydrogen (secondary N) is 2. The average Bonchev–Trinajstić information content (AvgIpc) is 3.30. The number of hydrogen-bond donors (Lipinski definition) is 2. The minimum Gasteiger partial charge on any atom is -0.296 e. The number of aryl methyl sites for hydroxylation is 1. The number of rotatable bonds is 2. The van der Waals surface area contributed by atoms with Crippen LogP contribution in [0.3, 0.4) is 0 Å². The summed E-state index contributed by atoms with van der Waals surface area (Å²) in [5.74, 6) is -0.304. The van der Waals surface area contributed by atoms with Crippen molar-refractivity contribution in [2.75, 3.05) is 0 Å². The van der Waals surface area contributed by atoms with Crippen molar-refractivity contribution in [1.82, 2.24) is 24.8 Å². The first kappa shape index (κ1) is 14.2. The Hall–Kier alpha value is -3.22. The molecule has 1 aromatic carbocycles. The van der Waals surface area contributed by atoms with Gasteiger partial charge in [0.25, 0.3) is 5.56 Å². The van der Waals surface area contributed by atoms with Crippen LogP contribution >= 0.6 is 0 Å². The van der Waals surface area contributed by atoms with Crippen LogP contribution in [0.1, 0.15) is 17.7 Å². The Bertz CT molecular complexity index is 1150. The molecule has 0 fully saturated rings. The second-order valence-electron chi connectivity index (χ2n) is 6.22. The van der Waals surface area contributed by atoms with E-state index in [2.05, 4.69) is 20.3 Å². The van der Waals surface area contributed by atoms with E-state index in [9.17, 15) is 9.18 Å². The highest BCUT2D eigenvalue weighted by Gasteiger charge is 2.21. The van der Waals surface area contributed by atoms with E-state index in [1.54, 1.807) is 18.3 Å². The summed E-state index contributed by atoms with van der Waals surface area (Å²) in [6.07, 6.45) is 4.72. The zero-order valence-corrected chi connectivity index (χ0v) is 13.2. The number of aromatic nitrogens is 5. The molecular formula is C18H14FN5O. The highest BCUT2D eigenvalue weighted by molar-refractivity contribution is 5.78. The van der Waals surface area contributed by atoms with E-state index in [1.807, 2.05) is 0 Å². The van der Waals surface area contributed by atoms with Gasteiger partial charge in [0.05, 0.1) is 5.69 Å². The molecule has 3 aromatic heterocycles. The van der Waals surface area contributed by atoms with Crippen molar-refractivity contribution >= 4 is 5.65 Å². The molecule has 0 saturated carbocycles. The highest BCUT2D eigenvalue weighted by Crippen LogP contribution is 2.30. The first-order valence-corrected chi connectivity index (χ1v) is 8.14. The van der Waals surface area contributed by atoms with Crippen LogP contribution in [0, 0.1) is 5.82 Å². The van der Waals surface area contributed by atoms with Crippen molar-refractivity contribution in [3.8, 4) is 22.5 Å². The Labute approximate surface area is 141 Å². The maximum atomic E-state index is 13.2. The van der Waals surface area contributed by atoms with E-state index in [4.69, 9.17) is 0 Å². The molecule has 0 radical (unpaired) electrons.